The molecular formula is C28H38N4O4. The first-order valence-electron chi connectivity index (χ1n) is 12.6. The van der Waals surface area contributed by atoms with E-state index in [1.165, 1.54) is 30.7 Å². The highest BCUT2D eigenvalue weighted by Gasteiger charge is 2.29. The molecule has 0 bridgehead atoms. The largest absolute Gasteiger partial charge is 0.507 e. The number of phenols is 1. The van der Waals surface area contributed by atoms with Crippen LogP contribution in [-0.2, 0) is 14.3 Å². The highest BCUT2D eigenvalue weighted by molar-refractivity contribution is 5.86. The van der Waals surface area contributed by atoms with Gasteiger partial charge in [-0.25, -0.2) is 0 Å². The standard InChI is InChI=1S/C22H25N3O3.C4H6O.C2H7N/c26-18-6-2-1-5-15(18)17-13-16-20(19-7-3-4-10-28-19)21(23-22(16)25-24-17)14-8-11-27-12-9-14;1-3-4(2)5;1-3-2/h1-2,5-6,13-14,19,26H,3-4,7-12H2,(H,23,25);3H,1H2,2H3;3H,1-2H3. The number of hydrogen-bond acceptors (Lipinski definition) is 7. The minimum Gasteiger partial charge on any atom is -0.507 e. The van der Waals surface area contributed by atoms with Crippen LogP contribution in [0.5, 0.6) is 5.75 Å². The number of phenolic OH excluding ortho intramolecular Hbond substituents is 1. The van der Waals surface area contributed by atoms with Crippen molar-refractivity contribution >= 4 is 16.8 Å². The summed E-state index contributed by atoms with van der Waals surface area (Å²) in [7, 11) is 3.75. The predicted octanol–water partition coefficient (Wildman–Crippen LogP) is 5.06. The van der Waals surface area contributed by atoms with Crippen molar-refractivity contribution in [2.75, 3.05) is 33.9 Å². The zero-order valence-electron chi connectivity index (χ0n) is 21.5. The number of nitrogens with one attached hydrogen (secondary N) is 2. The van der Waals surface area contributed by atoms with Crippen LogP contribution < -0.4 is 5.32 Å². The van der Waals surface area contributed by atoms with Crippen molar-refractivity contribution < 1.29 is 19.4 Å². The minimum absolute atomic E-state index is 0.0185. The van der Waals surface area contributed by atoms with Crippen molar-refractivity contribution in [1.82, 2.24) is 20.5 Å². The highest BCUT2D eigenvalue weighted by atomic mass is 16.5. The average molecular weight is 495 g/mol. The molecule has 1 atom stereocenters. The molecule has 2 aliphatic rings. The van der Waals surface area contributed by atoms with E-state index in [2.05, 4.69) is 27.1 Å². The number of benzene rings is 1. The number of fused-ring (bicyclic) bond motifs is 1. The maximum Gasteiger partial charge on any atom is 0.160 e. The van der Waals surface area contributed by atoms with E-state index in [9.17, 15) is 9.90 Å². The summed E-state index contributed by atoms with van der Waals surface area (Å²) in [6.07, 6.45) is 6.70. The van der Waals surface area contributed by atoms with Gasteiger partial charge in [-0.1, -0.05) is 18.7 Å². The van der Waals surface area contributed by atoms with Crippen molar-refractivity contribution in [2.24, 2.45) is 0 Å². The molecule has 0 saturated carbocycles. The summed E-state index contributed by atoms with van der Waals surface area (Å²) in [5.74, 6) is 0.661. The Balaban J connectivity index is 0.000000398. The van der Waals surface area contributed by atoms with Crippen LogP contribution in [0.15, 0.2) is 43.0 Å². The molecule has 194 valence electrons. The molecule has 0 radical (unpaired) electrons. The second-order valence-corrected chi connectivity index (χ2v) is 9.02. The van der Waals surface area contributed by atoms with Crippen LogP contribution in [0.25, 0.3) is 22.3 Å². The number of aromatic amines is 1. The summed E-state index contributed by atoms with van der Waals surface area (Å²) in [5.41, 5.74) is 4.63. The molecule has 2 fully saturated rings. The molecule has 36 heavy (non-hydrogen) atoms. The van der Waals surface area contributed by atoms with Gasteiger partial charge in [-0.05, 0) is 77.4 Å². The van der Waals surface area contributed by atoms with Crippen molar-refractivity contribution in [1.29, 1.82) is 0 Å². The molecule has 0 aliphatic carbocycles. The Bertz CT molecular complexity index is 1130. The first kappa shape index (κ1) is 27.5. The van der Waals surface area contributed by atoms with Gasteiger partial charge in [0.25, 0.3) is 0 Å². The van der Waals surface area contributed by atoms with Gasteiger partial charge in [0, 0.05) is 47.9 Å². The van der Waals surface area contributed by atoms with Crippen molar-refractivity contribution in [3.8, 4) is 17.0 Å². The Kier molecular flexibility index (Phi) is 10.6. The summed E-state index contributed by atoms with van der Waals surface area (Å²) in [6, 6.07) is 9.30. The summed E-state index contributed by atoms with van der Waals surface area (Å²) in [4.78, 5) is 13.2. The van der Waals surface area contributed by atoms with Gasteiger partial charge in [0.15, 0.2) is 11.4 Å². The lowest BCUT2D eigenvalue weighted by molar-refractivity contribution is -0.112. The summed E-state index contributed by atoms with van der Waals surface area (Å²) in [5, 5.41) is 22.9. The molecule has 2 aromatic heterocycles. The molecule has 1 unspecified atom stereocenters. The van der Waals surface area contributed by atoms with Gasteiger partial charge in [0.05, 0.1) is 11.8 Å². The molecule has 4 heterocycles. The third-order valence-corrected chi connectivity index (χ3v) is 6.23. The van der Waals surface area contributed by atoms with E-state index >= 15 is 0 Å². The number of hydrogen-bond donors (Lipinski definition) is 3. The predicted molar refractivity (Wildman–Crippen MR) is 142 cm³/mol. The molecule has 1 aromatic carbocycles. The van der Waals surface area contributed by atoms with Crippen LogP contribution in [0.2, 0.25) is 0 Å². The molecule has 2 saturated heterocycles. The Morgan fingerprint density at radius 1 is 1.14 bits per heavy atom. The smallest absolute Gasteiger partial charge is 0.160 e. The molecule has 3 N–H and O–H groups in total. The van der Waals surface area contributed by atoms with E-state index in [-0.39, 0.29) is 17.6 Å². The molecular weight excluding hydrogens is 456 g/mol. The number of aromatic nitrogens is 3. The van der Waals surface area contributed by atoms with Crippen molar-refractivity contribution in [2.45, 2.75) is 51.0 Å². The number of ketones is 1. The van der Waals surface area contributed by atoms with Crippen LogP contribution in [0.3, 0.4) is 0 Å². The number of nitrogens with zero attached hydrogens (tertiary/aromatic N) is 2. The second-order valence-electron chi connectivity index (χ2n) is 9.02. The molecule has 2 aliphatic heterocycles. The lowest BCUT2D eigenvalue weighted by Crippen LogP contribution is -2.18. The minimum atomic E-state index is 0.0185. The lowest BCUT2D eigenvalue weighted by Gasteiger charge is -2.27. The van der Waals surface area contributed by atoms with E-state index in [0.29, 0.717) is 17.2 Å². The van der Waals surface area contributed by atoms with Crippen LogP contribution >= 0.6 is 0 Å². The fraction of sp³-hybridized carbons (Fsp3) is 0.464. The SMILES string of the molecule is C=CC(C)=O.CNC.Oc1ccccc1-c1cc2c(C3CCCCO3)c(C3CCOCC3)[nH]c2nn1. The molecule has 8 heteroatoms. The molecule has 8 nitrogen and oxygen atoms in total. The maximum absolute atomic E-state index is 10.2. The molecule has 0 amide bonds. The topological polar surface area (TPSA) is 109 Å². The number of ether oxygens (including phenoxy) is 2. The summed E-state index contributed by atoms with van der Waals surface area (Å²) < 4.78 is 11.8. The van der Waals surface area contributed by atoms with E-state index in [4.69, 9.17) is 9.47 Å². The zero-order chi connectivity index (χ0) is 25.9. The quantitative estimate of drug-likeness (QED) is 0.435. The van der Waals surface area contributed by atoms with Crippen LogP contribution in [0.4, 0.5) is 0 Å². The number of allylic oxidation sites excluding steroid dienone is 1. The van der Waals surface area contributed by atoms with Gasteiger partial charge < -0.3 is 24.9 Å². The second kappa shape index (κ2) is 13.9. The number of H-pyrrole nitrogens is 1. The summed E-state index contributed by atoms with van der Waals surface area (Å²) in [6.45, 7) is 7.06. The number of para-hydroxylation sites is 1. The third kappa shape index (κ3) is 7.00. The highest BCUT2D eigenvalue weighted by Crippen LogP contribution is 2.41. The third-order valence-electron chi connectivity index (χ3n) is 6.23. The fourth-order valence-corrected chi connectivity index (χ4v) is 4.47. The summed E-state index contributed by atoms with van der Waals surface area (Å²) >= 11 is 0. The number of rotatable bonds is 4. The van der Waals surface area contributed by atoms with Gasteiger partial charge in [-0.15, -0.1) is 10.2 Å². The average Bonchev–Trinajstić information content (AvgIpc) is 3.29. The lowest BCUT2D eigenvalue weighted by atomic mass is 9.89. The van der Waals surface area contributed by atoms with Crippen molar-refractivity contribution in [3.63, 3.8) is 0 Å². The zero-order valence-corrected chi connectivity index (χ0v) is 21.5. The van der Waals surface area contributed by atoms with Gasteiger partial charge in [-0.3, -0.25) is 4.79 Å². The first-order chi connectivity index (χ1) is 17.5. The molecule has 5 rings (SSSR count). The number of aromatic hydroxyl groups is 1. The van der Waals surface area contributed by atoms with Gasteiger partial charge in [-0.2, -0.15) is 0 Å². The van der Waals surface area contributed by atoms with Gasteiger partial charge in [0.2, 0.25) is 0 Å². The van der Waals surface area contributed by atoms with E-state index in [1.807, 2.05) is 38.4 Å². The molecule has 3 aromatic rings. The normalized spacial score (nSPS) is 17.9. The van der Waals surface area contributed by atoms with Crippen LogP contribution in [-0.4, -0.2) is 60.0 Å². The van der Waals surface area contributed by atoms with Gasteiger partial charge in [0.1, 0.15) is 5.75 Å². The van der Waals surface area contributed by atoms with E-state index in [1.54, 1.807) is 6.07 Å². The van der Waals surface area contributed by atoms with E-state index < -0.39 is 0 Å². The van der Waals surface area contributed by atoms with Crippen molar-refractivity contribution in [3.05, 3.63) is 54.2 Å². The fourth-order valence-electron chi connectivity index (χ4n) is 4.47. The van der Waals surface area contributed by atoms with Crippen LogP contribution in [0, 0.1) is 0 Å². The maximum atomic E-state index is 10.2. The Labute approximate surface area is 213 Å². The Morgan fingerprint density at radius 2 is 1.83 bits per heavy atom. The van der Waals surface area contributed by atoms with Crippen LogP contribution in [0.1, 0.15) is 62.3 Å². The Hall–Kier alpha value is -3.07. The monoisotopic (exact) mass is 494 g/mol. The Morgan fingerprint density at radius 3 is 2.44 bits per heavy atom. The number of carbonyl (C=O) groups is 1. The van der Waals surface area contributed by atoms with E-state index in [0.717, 1.165) is 56.5 Å². The number of carbonyl (C=O) groups excluding carboxylic acids is 1. The van der Waals surface area contributed by atoms with Gasteiger partial charge >= 0.3 is 0 Å². The first-order valence-corrected chi connectivity index (χ1v) is 12.6. The molecule has 0 spiro atoms.